The first-order valence-corrected chi connectivity index (χ1v) is 5.36. The second-order valence-corrected chi connectivity index (χ2v) is 4.52. The highest BCUT2D eigenvalue weighted by molar-refractivity contribution is 5.81. The van der Waals surface area contributed by atoms with E-state index in [0.717, 1.165) is 12.8 Å². The van der Waals surface area contributed by atoms with Crippen molar-refractivity contribution in [1.82, 2.24) is 10.6 Å². The van der Waals surface area contributed by atoms with Crippen LogP contribution in [-0.2, 0) is 9.59 Å². The highest BCUT2D eigenvalue weighted by atomic mass is 16.4. The van der Waals surface area contributed by atoms with Gasteiger partial charge in [0.25, 0.3) is 0 Å². The molecule has 2 saturated carbocycles. The number of carbonyl (C=O) groups is 2. The molecule has 0 aliphatic heterocycles. The number of hydrogen-bond donors (Lipinski definition) is 3. The predicted molar refractivity (Wildman–Crippen MR) is 53.3 cm³/mol. The van der Waals surface area contributed by atoms with E-state index in [1.807, 2.05) is 0 Å². The molecule has 3 N–H and O–H groups in total. The first-order valence-electron chi connectivity index (χ1n) is 5.36. The fourth-order valence-electron chi connectivity index (χ4n) is 1.47. The summed E-state index contributed by atoms with van der Waals surface area (Å²) in [7, 11) is 0. The fourth-order valence-corrected chi connectivity index (χ4v) is 1.47. The van der Waals surface area contributed by atoms with Crippen molar-refractivity contribution in [3.05, 3.63) is 0 Å². The van der Waals surface area contributed by atoms with Gasteiger partial charge >= 0.3 is 5.97 Å². The maximum atomic E-state index is 11.3. The Balaban J connectivity index is 1.64. The van der Waals surface area contributed by atoms with E-state index in [4.69, 9.17) is 5.11 Å². The van der Waals surface area contributed by atoms with E-state index in [1.54, 1.807) is 0 Å². The number of rotatable bonds is 6. The van der Waals surface area contributed by atoms with Crippen molar-refractivity contribution in [2.75, 3.05) is 13.1 Å². The van der Waals surface area contributed by atoms with E-state index in [1.165, 1.54) is 0 Å². The van der Waals surface area contributed by atoms with Gasteiger partial charge in [0.2, 0.25) is 5.91 Å². The lowest BCUT2D eigenvalue weighted by atomic mass is 10.1. The first-order chi connectivity index (χ1) is 7.12. The number of carboxylic acids is 1. The number of hydrogen-bond acceptors (Lipinski definition) is 3. The zero-order valence-electron chi connectivity index (χ0n) is 8.58. The van der Waals surface area contributed by atoms with Crippen molar-refractivity contribution < 1.29 is 14.7 Å². The van der Waals surface area contributed by atoms with E-state index in [9.17, 15) is 9.59 Å². The third kappa shape index (κ3) is 2.68. The average molecular weight is 212 g/mol. The summed E-state index contributed by atoms with van der Waals surface area (Å²) in [6.07, 6.45) is 3.65. The summed E-state index contributed by atoms with van der Waals surface area (Å²) in [5, 5.41) is 14.6. The molecule has 0 unspecified atom stereocenters. The van der Waals surface area contributed by atoms with Crippen LogP contribution in [0.1, 0.15) is 25.7 Å². The van der Waals surface area contributed by atoms with Gasteiger partial charge in [0.05, 0.1) is 12.0 Å². The summed E-state index contributed by atoms with van der Waals surface area (Å²) in [4.78, 5) is 22.1. The molecule has 2 aliphatic rings. The van der Waals surface area contributed by atoms with Gasteiger partial charge in [0.1, 0.15) is 0 Å². The average Bonchev–Trinajstić information content (AvgIpc) is 3.05. The molecule has 5 heteroatoms. The van der Waals surface area contributed by atoms with Gasteiger partial charge in [0, 0.05) is 12.6 Å². The quantitative estimate of drug-likeness (QED) is 0.566. The summed E-state index contributed by atoms with van der Waals surface area (Å²) in [6, 6.07) is 0.505. The SMILES string of the molecule is O=C(CNC1CC1)NCC1(C(=O)O)CC1. The molecule has 2 fully saturated rings. The molecule has 0 radical (unpaired) electrons. The van der Waals surface area contributed by atoms with Gasteiger partial charge in [-0.1, -0.05) is 0 Å². The minimum absolute atomic E-state index is 0.102. The van der Waals surface area contributed by atoms with E-state index in [0.29, 0.717) is 25.4 Å². The molecule has 5 nitrogen and oxygen atoms in total. The van der Waals surface area contributed by atoms with Crippen LogP contribution in [0.25, 0.3) is 0 Å². The molecule has 84 valence electrons. The Labute approximate surface area is 88.2 Å². The Morgan fingerprint density at radius 3 is 2.47 bits per heavy atom. The minimum atomic E-state index is -0.794. The Bertz CT molecular complexity index is 282. The van der Waals surface area contributed by atoms with Gasteiger partial charge in [-0.2, -0.15) is 0 Å². The molecule has 0 heterocycles. The van der Waals surface area contributed by atoms with Crippen LogP contribution in [0.4, 0.5) is 0 Å². The van der Waals surface area contributed by atoms with Gasteiger partial charge < -0.3 is 15.7 Å². The number of carbonyl (C=O) groups excluding carboxylic acids is 1. The summed E-state index contributed by atoms with van der Waals surface area (Å²) < 4.78 is 0. The molecule has 0 aromatic heterocycles. The molecule has 0 spiro atoms. The molecule has 2 rings (SSSR count). The van der Waals surface area contributed by atoms with Crippen molar-refractivity contribution >= 4 is 11.9 Å². The molecule has 0 bridgehead atoms. The summed E-state index contributed by atoms with van der Waals surface area (Å²) in [6.45, 7) is 0.577. The third-order valence-electron chi connectivity index (χ3n) is 3.06. The molecule has 1 amide bonds. The van der Waals surface area contributed by atoms with Gasteiger partial charge in [-0.3, -0.25) is 9.59 Å². The standard InChI is InChI=1S/C10H16N2O3/c13-8(5-11-7-1-2-7)12-6-10(3-4-10)9(14)15/h7,11H,1-6H2,(H,12,13)(H,14,15). The van der Waals surface area contributed by atoms with E-state index in [2.05, 4.69) is 10.6 Å². The zero-order chi connectivity index (χ0) is 10.9. The van der Waals surface area contributed by atoms with Gasteiger partial charge in [-0.05, 0) is 25.7 Å². The maximum Gasteiger partial charge on any atom is 0.311 e. The van der Waals surface area contributed by atoms with Crippen LogP contribution in [-0.4, -0.2) is 36.1 Å². The molecule has 0 atom stereocenters. The lowest BCUT2D eigenvalue weighted by Gasteiger charge is -2.11. The summed E-state index contributed by atoms with van der Waals surface area (Å²) in [5.74, 6) is -0.896. The van der Waals surface area contributed by atoms with Crippen molar-refractivity contribution in [3.63, 3.8) is 0 Å². The van der Waals surface area contributed by atoms with Crippen molar-refractivity contribution in [2.24, 2.45) is 5.41 Å². The lowest BCUT2D eigenvalue weighted by molar-refractivity contribution is -0.143. The Kier molecular flexibility index (Phi) is 2.65. The Morgan fingerprint density at radius 2 is 2.00 bits per heavy atom. The van der Waals surface area contributed by atoms with Crippen molar-refractivity contribution in [1.29, 1.82) is 0 Å². The van der Waals surface area contributed by atoms with Crippen LogP contribution in [0, 0.1) is 5.41 Å². The zero-order valence-corrected chi connectivity index (χ0v) is 8.58. The van der Waals surface area contributed by atoms with E-state index in [-0.39, 0.29) is 12.5 Å². The normalized spacial score (nSPS) is 22.1. The highest BCUT2D eigenvalue weighted by Crippen LogP contribution is 2.45. The second kappa shape index (κ2) is 3.81. The smallest absolute Gasteiger partial charge is 0.311 e. The largest absolute Gasteiger partial charge is 0.481 e. The van der Waals surface area contributed by atoms with Gasteiger partial charge in [-0.15, -0.1) is 0 Å². The predicted octanol–water partition coefficient (Wildman–Crippen LogP) is -0.281. The highest BCUT2D eigenvalue weighted by Gasteiger charge is 2.50. The monoisotopic (exact) mass is 212 g/mol. The van der Waals surface area contributed by atoms with Crippen molar-refractivity contribution in [2.45, 2.75) is 31.7 Å². The topological polar surface area (TPSA) is 78.4 Å². The number of carboxylic acid groups (broad SMARTS) is 1. The van der Waals surface area contributed by atoms with Gasteiger partial charge in [-0.25, -0.2) is 0 Å². The maximum absolute atomic E-state index is 11.3. The Morgan fingerprint density at radius 1 is 1.33 bits per heavy atom. The van der Waals surface area contributed by atoms with Crippen LogP contribution in [0.5, 0.6) is 0 Å². The summed E-state index contributed by atoms with van der Waals surface area (Å²) in [5.41, 5.74) is -0.657. The van der Waals surface area contributed by atoms with Crippen LogP contribution in [0.3, 0.4) is 0 Å². The molecule has 0 saturated heterocycles. The van der Waals surface area contributed by atoms with Crippen LogP contribution >= 0.6 is 0 Å². The number of amides is 1. The lowest BCUT2D eigenvalue weighted by Crippen LogP contribution is -2.39. The fraction of sp³-hybridized carbons (Fsp3) is 0.800. The molecular weight excluding hydrogens is 196 g/mol. The number of nitrogens with one attached hydrogen (secondary N) is 2. The molecule has 15 heavy (non-hydrogen) atoms. The summed E-state index contributed by atoms with van der Waals surface area (Å²) >= 11 is 0. The molecule has 0 aromatic rings. The van der Waals surface area contributed by atoms with E-state index < -0.39 is 11.4 Å². The molecule has 0 aromatic carbocycles. The second-order valence-electron chi connectivity index (χ2n) is 4.52. The van der Waals surface area contributed by atoms with Crippen LogP contribution in [0.15, 0.2) is 0 Å². The third-order valence-corrected chi connectivity index (χ3v) is 3.06. The van der Waals surface area contributed by atoms with E-state index >= 15 is 0 Å². The van der Waals surface area contributed by atoms with Crippen molar-refractivity contribution in [3.8, 4) is 0 Å². The number of aliphatic carboxylic acids is 1. The minimum Gasteiger partial charge on any atom is -0.481 e. The molecular formula is C10H16N2O3. The van der Waals surface area contributed by atoms with Crippen LogP contribution < -0.4 is 10.6 Å². The van der Waals surface area contributed by atoms with Gasteiger partial charge in [0.15, 0.2) is 0 Å². The molecule has 2 aliphatic carbocycles. The first kappa shape index (κ1) is 10.4. The van der Waals surface area contributed by atoms with Crippen LogP contribution in [0.2, 0.25) is 0 Å². The Hall–Kier alpha value is -1.10.